The number of hydrogen-bond acceptors (Lipinski definition) is 16. The van der Waals surface area contributed by atoms with Gasteiger partial charge in [-0.2, -0.15) is 33.2 Å². The van der Waals surface area contributed by atoms with Crippen LogP contribution in [-0.2, 0) is 14.9 Å². The zero-order valence-electron chi connectivity index (χ0n) is 28.3. The third-order valence-electron chi connectivity index (χ3n) is 7.51. The van der Waals surface area contributed by atoms with Crippen LogP contribution in [0.2, 0.25) is 5.02 Å². The van der Waals surface area contributed by atoms with Gasteiger partial charge in [-0.3, -0.25) is 9.35 Å². The van der Waals surface area contributed by atoms with Gasteiger partial charge in [0.25, 0.3) is 22.5 Å². The highest BCUT2D eigenvalue weighted by atomic mass is 35.5. The number of carbonyl (C=O) groups is 4. The molecule has 0 saturated carbocycles. The first-order valence-electron chi connectivity index (χ1n) is 15.6. The van der Waals surface area contributed by atoms with Crippen molar-refractivity contribution in [2.75, 3.05) is 16.4 Å². The highest BCUT2D eigenvalue weighted by molar-refractivity contribution is 7.85. The molecule has 0 radical (unpaired) electrons. The lowest BCUT2D eigenvalue weighted by atomic mass is 10.1. The van der Waals surface area contributed by atoms with Gasteiger partial charge in [0.1, 0.15) is 17.1 Å². The van der Waals surface area contributed by atoms with E-state index in [2.05, 4.69) is 40.9 Å². The van der Waals surface area contributed by atoms with E-state index in [1.807, 2.05) is 0 Å². The number of aromatic carboxylic acids is 3. The van der Waals surface area contributed by atoms with Gasteiger partial charge in [0.15, 0.2) is 11.5 Å². The van der Waals surface area contributed by atoms with E-state index >= 15 is 0 Å². The van der Waals surface area contributed by atoms with Crippen LogP contribution in [-0.4, -0.2) is 77.4 Å². The summed E-state index contributed by atoms with van der Waals surface area (Å²) in [7, 11) is -4.64. The molecule has 0 unspecified atom stereocenters. The quantitative estimate of drug-likeness (QED) is 0.0391. The van der Waals surface area contributed by atoms with E-state index in [0.29, 0.717) is 5.56 Å². The van der Waals surface area contributed by atoms with Gasteiger partial charge >= 0.3 is 17.9 Å². The second-order valence-corrected chi connectivity index (χ2v) is 13.2. The van der Waals surface area contributed by atoms with Gasteiger partial charge in [-0.25, -0.2) is 14.4 Å². The Kier molecular flexibility index (Phi) is 10.8. The number of nitrogens with zero attached hydrogens (tertiary/aromatic N) is 7. The van der Waals surface area contributed by atoms with Crippen LogP contribution in [0, 0.1) is 0 Å². The molecule has 0 fully saturated rings. The van der Waals surface area contributed by atoms with Crippen molar-refractivity contribution < 1.29 is 52.2 Å². The Morgan fingerprint density at radius 2 is 1.37 bits per heavy atom. The predicted octanol–water partition coefficient (Wildman–Crippen LogP) is 5.74. The number of rotatable bonds is 14. The van der Waals surface area contributed by atoms with Crippen molar-refractivity contribution in [1.82, 2.24) is 24.7 Å². The Balaban J connectivity index is 1.53. The number of anilines is 5. The third-order valence-corrected chi connectivity index (χ3v) is 8.67. The fourth-order valence-electron chi connectivity index (χ4n) is 4.99. The molecule has 0 amide bonds. The summed E-state index contributed by atoms with van der Waals surface area (Å²) < 4.78 is 38.9. The molecule has 6 rings (SSSR count). The van der Waals surface area contributed by atoms with E-state index in [9.17, 15) is 47.5 Å². The second-order valence-electron chi connectivity index (χ2n) is 11.4. The van der Waals surface area contributed by atoms with E-state index in [-0.39, 0.29) is 86.0 Å². The van der Waals surface area contributed by atoms with E-state index < -0.39 is 32.9 Å². The Morgan fingerprint density at radius 3 is 1.93 bits per heavy atom. The van der Waals surface area contributed by atoms with Crippen LogP contribution in [0.1, 0.15) is 31.1 Å². The van der Waals surface area contributed by atoms with Crippen molar-refractivity contribution in [3.05, 3.63) is 107 Å². The molecule has 0 saturated heterocycles. The van der Waals surface area contributed by atoms with Gasteiger partial charge in [0, 0.05) is 23.0 Å². The summed E-state index contributed by atoms with van der Waals surface area (Å²) in [5, 5.41) is 47.2. The summed E-state index contributed by atoms with van der Waals surface area (Å²) in [6, 6.07) is 18.3. The zero-order chi connectivity index (χ0) is 41.0. The molecule has 6 aromatic rings. The topological polar surface area (TPSA) is 324 Å². The highest BCUT2D eigenvalue weighted by Crippen LogP contribution is 2.38. The van der Waals surface area contributed by atoms with Crippen LogP contribution in [0.25, 0.3) is 17.2 Å². The predicted molar refractivity (Wildman–Crippen MR) is 199 cm³/mol. The standard InChI is InChI=1S/C34H23ClN10O11S/c35-24-7-6-23(57(53,54)55)14-25(24)42-43-27-26(16-4-2-1-3-5-16)44-45(28(27)36)34-40-32(37-20-9-17(29(47)48)8-18(10-20)30(49)50)39-33(41-34)38-21-11-19(31(51)52)12-22(13-21)56-15-46/h1-15H,36H2,(H,47,48)(H,49,50)(H,51,52)(H,53,54,55)(H2,37,38,39,40,41)/b43-42+. The molecule has 8 N–H and O–H groups in total. The zero-order valence-corrected chi connectivity index (χ0v) is 29.9. The van der Waals surface area contributed by atoms with Gasteiger partial charge in [-0.05, 0) is 48.5 Å². The largest absolute Gasteiger partial charge is 0.478 e. The van der Waals surface area contributed by atoms with Crippen LogP contribution in [0.15, 0.2) is 100 Å². The number of nitrogens with one attached hydrogen (secondary N) is 2. The Hall–Kier alpha value is -7.82. The van der Waals surface area contributed by atoms with Gasteiger partial charge in [0.2, 0.25) is 11.9 Å². The maximum absolute atomic E-state index is 11.8. The normalized spacial score (nSPS) is 11.3. The third kappa shape index (κ3) is 8.94. The first-order valence-corrected chi connectivity index (χ1v) is 17.4. The van der Waals surface area contributed by atoms with Gasteiger partial charge < -0.3 is 36.4 Å². The maximum Gasteiger partial charge on any atom is 0.335 e. The van der Waals surface area contributed by atoms with Crippen LogP contribution < -0.4 is 21.1 Å². The minimum atomic E-state index is -4.64. The average Bonchev–Trinajstić information content (AvgIpc) is 3.49. The van der Waals surface area contributed by atoms with Crippen molar-refractivity contribution >= 4 is 86.6 Å². The summed E-state index contributed by atoms with van der Waals surface area (Å²) in [6.07, 6.45) is 0. The fraction of sp³-hybridized carbons (Fsp3) is 0. The van der Waals surface area contributed by atoms with Crippen molar-refractivity contribution in [3.63, 3.8) is 0 Å². The fourth-order valence-corrected chi connectivity index (χ4v) is 5.65. The Labute approximate surface area is 323 Å². The van der Waals surface area contributed by atoms with Crippen molar-refractivity contribution in [3.8, 4) is 23.0 Å². The number of nitrogen functional groups attached to an aromatic ring is 1. The van der Waals surface area contributed by atoms with Gasteiger partial charge in [0.05, 0.1) is 26.6 Å². The lowest BCUT2D eigenvalue weighted by molar-refractivity contribution is -0.120. The molecular weight excluding hydrogens is 792 g/mol. The van der Waals surface area contributed by atoms with Gasteiger partial charge in [-0.1, -0.05) is 41.9 Å². The number of aromatic nitrogens is 5. The molecule has 23 heteroatoms. The number of benzene rings is 4. The van der Waals surface area contributed by atoms with Crippen LogP contribution in [0.3, 0.4) is 0 Å². The van der Waals surface area contributed by atoms with E-state index in [1.165, 1.54) is 18.2 Å². The van der Waals surface area contributed by atoms with Crippen LogP contribution in [0.4, 0.5) is 40.5 Å². The highest BCUT2D eigenvalue weighted by Gasteiger charge is 2.23. The molecule has 0 aliphatic carbocycles. The number of azo groups is 1. The average molecular weight is 815 g/mol. The minimum absolute atomic E-state index is 0.00721. The molecule has 4 aromatic carbocycles. The van der Waals surface area contributed by atoms with E-state index in [4.69, 9.17) is 22.1 Å². The lowest BCUT2D eigenvalue weighted by Gasteiger charge is -2.12. The number of carboxylic acid groups (broad SMARTS) is 3. The van der Waals surface area contributed by atoms with Crippen molar-refractivity contribution in [2.24, 2.45) is 10.2 Å². The molecule has 0 spiro atoms. The SMILES string of the molecule is Nc1c(/N=N/c2cc(S(=O)(=O)O)ccc2Cl)c(-c2ccccc2)nn1-c1nc(Nc2cc(OC=O)cc(C(=O)O)c2)nc(Nc2cc(C(=O)O)cc(C(=O)O)c2)n1. The monoisotopic (exact) mass is 814 g/mol. The number of nitrogens with two attached hydrogens (primary N) is 1. The second kappa shape index (κ2) is 15.9. The van der Waals surface area contributed by atoms with Crippen LogP contribution >= 0.6 is 11.6 Å². The molecular formula is C34H23ClN10O11S. The maximum atomic E-state index is 11.8. The number of hydrogen-bond donors (Lipinski definition) is 7. The number of halogens is 1. The van der Waals surface area contributed by atoms with Crippen molar-refractivity contribution in [2.45, 2.75) is 4.90 Å². The first kappa shape index (κ1) is 38.9. The number of carboxylic acids is 3. The van der Waals surface area contributed by atoms with Crippen molar-refractivity contribution in [1.29, 1.82) is 0 Å². The molecule has 2 aromatic heterocycles. The summed E-state index contributed by atoms with van der Waals surface area (Å²) in [5.74, 6) is -5.65. The number of carbonyl (C=O) groups excluding carboxylic acids is 1. The summed E-state index contributed by atoms with van der Waals surface area (Å²) in [5.41, 5.74) is 5.74. The summed E-state index contributed by atoms with van der Waals surface area (Å²) in [4.78, 5) is 59.0. The Morgan fingerprint density at radius 1 is 0.789 bits per heavy atom. The molecule has 2 heterocycles. The molecule has 21 nitrogen and oxygen atoms in total. The summed E-state index contributed by atoms with van der Waals surface area (Å²) in [6.45, 7) is 0.0867. The molecule has 57 heavy (non-hydrogen) atoms. The van der Waals surface area contributed by atoms with E-state index in [0.717, 1.165) is 41.1 Å². The van der Waals surface area contributed by atoms with Gasteiger partial charge in [-0.15, -0.1) is 10.2 Å². The molecule has 0 aliphatic rings. The number of ether oxygens (including phenoxy) is 1. The molecule has 0 atom stereocenters. The molecule has 0 aliphatic heterocycles. The smallest absolute Gasteiger partial charge is 0.335 e. The Bertz CT molecular complexity index is 2710. The molecule has 288 valence electrons. The minimum Gasteiger partial charge on any atom is -0.478 e. The van der Waals surface area contributed by atoms with Crippen LogP contribution in [0.5, 0.6) is 5.75 Å². The lowest BCUT2D eigenvalue weighted by Crippen LogP contribution is -2.12. The molecule has 0 bridgehead atoms. The summed E-state index contributed by atoms with van der Waals surface area (Å²) >= 11 is 6.24. The van der Waals surface area contributed by atoms with E-state index in [1.54, 1.807) is 30.3 Å². The first-order chi connectivity index (χ1) is 27.1.